The van der Waals surface area contributed by atoms with Crippen LogP contribution in [0.1, 0.15) is 30.0 Å². The van der Waals surface area contributed by atoms with Crippen molar-refractivity contribution < 1.29 is 9.53 Å². The summed E-state index contributed by atoms with van der Waals surface area (Å²) in [6, 6.07) is 6.53. The maximum Gasteiger partial charge on any atom is 0.231 e. The molecular formula is C15H20N2O2. The smallest absolute Gasteiger partial charge is 0.231 e. The van der Waals surface area contributed by atoms with Crippen LogP contribution in [-0.2, 0) is 16.0 Å². The first-order chi connectivity index (χ1) is 9.20. The Morgan fingerprint density at radius 2 is 2.32 bits per heavy atom. The Morgan fingerprint density at radius 1 is 1.47 bits per heavy atom. The van der Waals surface area contributed by atoms with Crippen LogP contribution in [-0.4, -0.2) is 32.7 Å². The van der Waals surface area contributed by atoms with Crippen molar-refractivity contribution in [3.63, 3.8) is 0 Å². The Hall–Kier alpha value is -1.39. The maximum absolute atomic E-state index is 11.7. The first-order valence-corrected chi connectivity index (χ1v) is 6.89. The molecule has 2 aliphatic heterocycles. The minimum absolute atomic E-state index is 0.172. The molecule has 2 atom stereocenters. The van der Waals surface area contributed by atoms with E-state index in [1.54, 1.807) is 4.90 Å². The summed E-state index contributed by atoms with van der Waals surface area (Å²) >= 11 is 0. The third kappa shape index (κ3) is 2.15. The van der Waals surface area contributed by atoms with Crippen LogP contribution < -0.4 is 10.2 Å². The van der Waals surface area contributed by atoms with Gasteiger partial charge < -0.3 is 15.0 Å². The second-order valence-corrected chi connectivity index (χ2v) is 5.34. The van der Waals surface area contributed by atoms with E-state index < -0.39 is 0 Å². The van der Waals surface area contributed by atoms with Crippen LogP contribution in [0, 0.1) is 0 Å². The van der Waals surface area contributed by atoms with Crippen molar-refractivity contribution >= 4 is 11.6 Å². The number of carbonyl (C=O) groups excluding carboxylic acids is 1. The minimum Gasteiger partial charge on any atom is -0.376 e. The Bertz CT molecular complexity index is 495. The minimum atomic E-state index is 0.172. The summed E-state index contributed by atoms with van der Waals surface area (Å²) in [4.78, 5) is 13.5. The highest BCUT2D eigenvalue weighted by Crippen LogP contribution is 2.33. The second kappa shape index (κ2) is 4.94. The molecule has 1 N–H and O–H groups in total. The number of hydrogen-bond donors (Lipinski definition) is 1. The van der Waals surface area contributed by atoms with E-state index >= 15 is 0 Å². The van der Waals surface area contributed by atoms with Crippen molar-refractivity contribution in [2.75, 3.05) is 25.6 Å². The van der Waals surface area contributed by atoms with Gasteiger partial charge in [-0.2, -0.15) is 0 Å². The van der Waals surface area contributed by atoms with Crippen LogP contribution in [0.25, 0.3) is 0 Å². The fourth-order valence-corrected chi connectivity index (χ4v) is 3.12. The summed E-state index contributed by atoms with van der Waals surface area (Å²) in [6.07, 6.45) is 3.00. The molecule has 0 saturated carbocycles. The topological polar surface area (TPSA) is 41.6 Å². The number of benzene rings is 1. The van der Waals surface area contributed by atoms with Gasteiger partial charge in [-0.15, -0.1) is 0 Å². The van der Waals surface area contributed by atoms with Gasteiger partial charge in [-0.05, 0) is 37.1 Å². The molecule has 102 valence electrons. The summed E-state index contributed by atoms with van der Waals surface area (Å²) in [5, 5.41) is 3.35. The second-order valence-electron chi connectivity index (χ2n) is 5.34. The molecule has 2 heterocycles. The normalized spacial score (nSPS) is 23.8. The Kier molecular flexibility index (Phi) is 3.29. The zero-order valence-corrected chi connectivity index (χ0v) is 11.5. The highest BCUT2D eigenvalue weighted by Gasteiger charge is 2.29. The van der Waals surface area contributed by atoms with Crippen molar-refractivity contribution in [2.24, 2.45) is 0 Å². The number of anilines is 1. The van der Waals surface area contributed by atoms with E-state index in [-0.39, 0.29) is 18.1 Å². The zero-order chi connectivity index (χ0) is 13.4. The summed E-state index contributed by atoms with van der Waals surface area (Å²) in [5.41, 5.74) is 3.38. The third-order valence-electron chi connectivity index (χ3n) is 4.19. The van der Waals surface area contributed by atoms with Gasteiger partial charge in [0.15, 0.2) is 0 Å². The standard InChI is InChI=1S/C15H20N2O2/c1-16-15(13-4-3-7-19-13)10-5-6-12-11(8-10)9-14(18)17(12)2/h5-6,8,13,15-16H,3-4,7,9H2,1-2H3. The Morgan fingerprint density at radius 3 is 3.00 bits per heavy atom. The predicted octanol–water partition coefficient (Wildman–Crippen LogP) is 1.64. The molecule has 4 heteroatoms. The molecule has 19 heavy (non-hydrogen) atoms. The van der Waals surface area contributed by atoms with Gasteiger partial charge in [-0.3, -0.25) is 4.79 Å². The summed E-state index contributed by atoms with van der Waals surface area (Å²) in [6.45, 7) is 0.856. The number of rotatable bonds is 3. The molecule has 2 aliphatic rings. The molecule has 0 aromatic heterocycles. The number of fused-ring (bicyclic) bond motifs is 1. The van der Waals surface area contributed by atoms with E-state index in [4.69, 9.17) is 4.74 Å². The Labute approximate surface area is 113 Å². The van der Waals surface area contributed by atoms with Gasteiger partial charge in [-0.1, -0.05) is 12.1 Å². The fraction of sp³-hybridized carbons (Fsp3) is 0.533. The number of likely N-dealkylation sites (N-methyl/N-ethyl adjacent to an activating group) is 2. The van der Waals surface area contributed by atoms with E-state index in [2.05, 4.69) is 23.5 Å². The first kappa shape index (κ1) is 12.6. The highest BCUT2D eigenvalue weighted by atomic mass is 16.5. The summed E-state index contributed by atoms with van der Waals surface area (Å²) in [7, 11) is 3.81. The van der Waals surface area contributed by atoms with Gasteiger partial charge in [0.05, 0.1) is 18.6 Å². The van der Waals surface area contributed by atoms with Gasteiger partial charge in [0, 0.05) is 19.3 Å². The molecule has 0 bridgehead atoms. The van der Waals surface area contributed by atoms with Gasteiger partial charge in [0.2, 0.25) is 5.91 Å². The first-order valence-electron chi connectivity index (χ1n) is 6.89. The number of nitrogens with zero attached hydrogens (tertiary/aromatic N) is 1. The molecule has 2 unspecified atom stereocenters. The van der Waals surface area contributed by atoms with E-state index in [1.807, 2.05) is 14.1 Å². The summed E-state index contributed by atoms with van der Waals surface area (Å²) < 4.78 is 5.78. The lowest BCUT2D eigenvalue weighted by Crippen LogP contribution is -2.29. The van der Waals surface area contributed by atoms with Gasteiger partial charge >= 0.3 is 0 Å². The third-order valence-corrected chi connectivity index (χ3v) is 4.19. The van der Waals surface area contributed by atoms with E-state index in [9.17, 15) is 4.79 Å². The molecule has 0 aliphatic carbocycles. The number of carbonyl (C=O) groups is 1. The monoisotopic (exact) mass is 260 g/mol. The SMILES string of the molecule is CNC(c1ccc2c(c1)CC(=O)N2C)C1CCCO1. The molecule has 3 rings (SSSR count). The fourth-order valence-electron chi connectivity index (χ4n) is 3.12. The van der Waals surface area contributed by atoms with Crippen LogP contribution in [0.2, 0.25) is 0 Å². The highest BCUT2D eigenvalue weighted by molar-refractivity contribution is 6.00. The molecule has 1 aromatic carbocycles. The number of amides is 1. The molecule has 1 fully saturated rings. The van der Waals surface area contributed by atoms with Gasteiger partial charge in [-0.25, -0.2) is 0 Å². The number of hydrogen-bond acceptors (Lipinski definition) is 3. The lowest BCUT2D eigenvalue weighted by molar-refractivity contribution is -0.117. The molecule has 4 nitrogen and oxygen atoms in total. The van der Waals surface area contributed by atoms with Crippen LogP contribution in [0.4, 0.5) is 5.69 Å². The van der Waals surface area contributed by atoms with E-state index in [0.717, 1.165) is 30.7 Å². The van der Waals surface area contributed by atoms with Crippen molar-refractivity contribution in [2.45, 2.75) is 31.4 Å². The lowest BCUT2D eigenvalue weighted by atomic mass is 9.97. The maximum atomic E-state index is 11.7. The van der Waals surface area contributed by atoms with Crippen molar-refractivity contribution in [3.05, 3.63) is 29.3 Å². The van der Waals surface area contributed by atoms with Crippen LogP contribution in [0.5, 0.6) is 0 Å². The van der Waals surface area contributed by atoms with Gasteiger partial charge in [0.25, 0.3) is 0 Å². The average molecular weight is 260 g/mol. The largest absolute Gasteiger partial charge is 0.376 e. The lowest BCUT2D eigenvalue weighted by Gasteiger charge is -2.23. The van der Waals surface area contributed by atoms with Crippen LogP contribution in [0.3, 0.4) is 0 Å². The quantitative estimate of drug-likeness (QED) is 0.898. The van der Waals surface area contributed by atoms with Gasteiger partial charge in [0.1, 0.15) is 0 Å². The average Bonchev–Trinajstić information content (AvgIpc) is 3.01. The van der Waals surface area contributed by atoms with Crippen LogP contribution in [0.15, 0.2) is 18.2 Å². The predicted molar refractivity (Wildman–Crippen MR) is 74.3 cm³/mol. The Balaban J connectivity index is 1.89. The molecular weight excluding hydrogens is 240 g/mol. The van der Waals surface area contributed by atoms with Crippen molar-refractivity contribution in [3.8, 4) is 0 Å². The molecule has 1 saturated heterocycles. The van der Waals surface area contributed by atoms with Crippen LogP contribution >= 0.6 is 0 Å². The molecule has 1 amide bonds. The van der Waals surface area contributed by atoms with E-state index in [0.29, 0.717) is 6.42 Å². The molecule has 0 radical (unpaired) electrons. The van der Waals surface area contributed by atoms with Crippen molar-refractivity contribution in [1.82, 2.24) is 5.32 Å². The number of ether oxygens (including phenoxy) is 1. The molecule has 1 aromatic rings. The van der Waals surface area contributed by atoms with Crippen molar-refractivity contribution in [1.29, 1.82) is 0 Å². The zero-order valence-electron chi connectivity index (χ0n) is 11.5. The van der Waals surface area contributed by atoms with E-state index in [1.165, 1.54) is 5.56 Å². The number of nitrogens with one attached hydrogen (secondary N) is 1. The molecule has 0 spiro atoms. The summed E-state index contributed by atoms with van der Waals surface area (Å²) in [5.74, 6) is 0.172.